The maximum atomic E-state index is 12.4. The molecule has 0 heterocycles. The van der Waals surface area contributed by atoms with Gasteiger partial charge in [-0.15, -0.1) is 11.6 Å². The number of ether oxygens (including phenoxy) is 2. The number of benzene rings is 2. The van der Waals surface area contributed by atoms with Crippen LogP contribution >= 0.6 is 11.6 Å². The van der Waals surface area contributed by atoms with Crippen molar-refractivity contribution in [2.75, 3.05) is 13.0 Å². The van der Waals surface area contributed by atoms with Gasteiger partial charge in [0, 0.05) is 13.0 Å². The van der Waals surface area contributed by atoms with Crippen LogP contribution in [0, 0.1) is 0 Å². The molecule has 0 radical (unpaired) electrons. The number of hydrogen-bond donors (Lipinski definition) is 1. The zero-order valence-electron chi connectivity index (χ0n) is 17.3. The Labute approximate surface area is 186 Å². The molecule has 8 heteroatoms. The Balaban J connectivity index is 1.94. The number of aliphatic carboxylic acids is 1. The van der Waals surface area contributed by atoms with Gasteiger partial charge in [-0.3, -0.25) is 9.59 Å². The number of amides is 1. The largest absolute Gasteiger partial charge is 0.497 e. The molecule has 1 N–H and O–H groups in total. The van der Waals surface area contributed by atoms with Crippen molar-refractivity contribution < 1.29 is 29.0 Å². The van der Waals surface area contributed by atoms with E-state index >= 15 is 0 Å². The first-order valence-corrected chi connectivity index (χ1v) is 10.4. The van der Waals surface area contributed by atoms with Crippen molar-refractivity contribution in [2.45, 2.75) is 38.5 Å². The average molecular weight is 448 g/mol. The fourth-order valence-corrected chi connectivity index (χ4v) is 3.19. The third kappa shape index (κ3) is 7.94. The van der Waals surface area contributed by atoms with Crippen LogP contribution in [-0.2, 0) is 32.3 Å². The van der Waals surface area contributed by atoms with E-state index in [-0.39, 0.29) is 38.3 Å². The van der Waals surface area contributed by atoms with Crippen LogP contribution in [0.1, 0.15) is 30.4 Å². The van der Waals surface area contributed by atoms with Crippen molar-refractivity contribution in [2.24, 2.45) is 0 Å². The number of carboxylic acids is 1. The van der Waals surface area contributed by atoms with Crippen LogP contribution < -0.4 is 4.74 Å². The van der Waals surface area contributed by atoms with Gasteiger partial charge in [0.15, 0.2) is 0 Å². The van der Waals surface area contributed by atoms with Crippen molar-refractivity contribution in [1.82, 2.24) is 4.90 Å². The predicted octanol–water partition coefficient (Wildman–Crippen LogP) is 3.63. The minimum absolute atomic E-state index is 0.0576. The third-order valence-electron chi connectivity index (χ3n) is 4.71. The third-order valence-corrected chi connectivity index (χ3v) is 4.94. The lowest BCUT2D eigenvalue weighted by atomic mass is 10.1. The minimum atomic E-state index is -1.15. The number of rotatable bonds is 12. The molecule has 0 aliphatic rings. The highest BCUT2D eigenvalue weighted by Gasteiger charge is 2.29. The number of esters is 1. The fraction of sp³-hybridized carbons (Fsp3) is 0.348. The molecular weight excluding hydrogens is 422 g/mol. The highest BCUT2D eigenvalue weighted by atomic mass is 35.5. The van der Waals surface area contributed by atoms with Crippen molar-refractivity contribution in [1.29, 1.82) is 0 Å². The number of carbonyl (C=O) groups is 3. The van der Waals surface area contributed by atoms with Crippen molar-refractivity contribution >= 4 is 29.4 Å². The van der Waals surface area contributed by atoms with E-state index in [1.165, 1.54) is 4.90 Å². The Morgan fingerprint density at radius 1 is 1.03 bits per heavy atom. The van der Waals surface area contributed by atoms with E-state index in [0.29, 0.717) is 5.75 Å². The van der Waals surface area contributed by atoms with Crippen LogP contribution in [0.15, 0.2) is 54.6 Å². The molecule has 1 atom stereocenters. The molecule has 2 rings (SSSR count). The van der Waals surface area contributed by atoms with Crippen LogP contribution in [0.2, 0.25) is 0 Å². The summed E-state index contributed by atoms with van der Waals surface area (Å²) >= 11 is 5.72. The van der Waals surface area contributed by atoms with E-state index in [1.807, 2.05) is 30.3 Å². The van der Waals surface area contributed by atoms with Gasteiger partial charge in [0.1, 0.15) is 24.3 Å². The molecule has 0 aliphatic carbocycles. The first-order chi connectivity index (χ1) is 14.9. The summed E-state index contributed by atoms with van der Waals surface area (Å²) in [4.78, 5) is 37.4. The normalized spacial score (nSPS) is 11.4. The molecule has 1 amide bonds. The molecule has 0 unspecified atom stereocenters. The van der Waals surface area contributed by atoms with Crippen molar-refractivity contribution in [3.05, 3.63) is 65.7 Å². The highest BCUT2D eigenvalue weighted by molar-refractivity contribution is 6.27. The van der Waals surface area contributed by atoms with E-state index in [9.17, 15) is 19.5 Å². The molecule has 0 aliphatic heterocycles. The summed E-state index contributed by atoms with van der Waals surface area (Å²) in [6, 6.07) is 15.2. The van der Waals surface area contributed by atoms with Crippen LogP contribution in [0.3, 0.4) is 0 Å². The standard InChI is InChI=1S/C23H26ClNO6/c1-30-19-12-10-17(11-13-19)15-25(21(26)14-24)20(23(28)29)8-5-9-22(27)31-16-18-6-3-2-4-7-18/h2-4,6-7,10-13,20H,5,8-9,14-16H2,1H3,(H,28,29)/t20-/m0/s1. The summed E-state index contributed by atoms with van der Waals surface area (Å²) in [5.41, 5.74) is 1.62. The summed E-state index contributed by atoms with van der Waals surface area (Å²) in [6.45, 7) is 0.251. The van der Waals surface area contributed by atoms with E-state index in [2.05, 4.69) is 0 Å². The second-order valence-electron chi connectivity index (χ2n) is 6.90. The summed E-state index contributed by atoms with van der Waals surface area (Å²) in [5.74, 6) is -1.73. The summed E-state index contributed by atoms with van der Waals surface area (Å²) < 4.78 is 10.3. The zero-order chi connectivity index (χ0) is 22.6. The van der Waals surface area contributed by atoms with E-state index in [0.717, 1.165) is 11.1 Å². The Kier molecular flexibility index (Phi) is 9.84. The molecule has 0 aromatic heterocycles. The molecule has 0 spiro atoms. The smallest absolute Gasteiger partial charge is 0.326 e. The van der Waals surface area contributed by atoms with Crippen molar-refractivity contribution in [3.63, 3.8) is 0 Å². The maximum absolute atomic E-state index is 12.4. The number of nitrogens with zero attached hydrogens (tertiary/aromatic N) is 1. The monoisotopic (exact) mass is 447 g/mol. The second kappa shape index (κ2) is 12.6. The fourth-order valence-electron chi connectivity index (χ4n) is 3.04. The van der Waals surface area contributed by atoms with Gasteiger partial charge in [-0.25, -0.2) is 4.79 Å². The topological polar surface area (TPSA) is 93.1 Å². The average Bonchev–Trinajstić information content (AvgIpc) is 2.79. The van der Waals surface area contributed by atoms with Gasteiger partial charge in [-0.1, -0.05) is 42.5 Å². The summed E-state index contributed by atoms with van der Waals surface area (Å²) in [5, 5.41) is 9.69. The predicted molar refractivity (Wildman–Crippen MR) is 116 cm³/mol. The Bertz CT molecular complexity index is 856. The molecule has 0 bridgehead atoms. The van der Waals surface area contributed by atoms with Crippen LogP contribution in [-0.4, -0.2) is 46.9 Å². The SMILES string of the molecule is COc1ccc(CN(C(=O)CCl)[C@@H](CCCC(=O)OCc2ccccc2)C(=O)O)cc1. The molecule has 31 heavy (non-hydrogen) atoms. The van der Waals surface area contributed by atoms with Gasteiger partial charge < -0.3 is 19.5 Å². The maximum Gasteiger partial charge on any atom is 0.326 e. The number of carbonyl (C=O) groups excluding carboxylic acids is 2. The number of halogens is 1. The van der Waals surface area contributed by atoms with E-state index in [4.69, 9.17) is 21.1 Å². The lowest BCUT2D eigenvalue weighted by Crippen LogP contribution is -2.45. The quantitative estimate of drug-likeness (QED) is 0.394. The lowest BCUT2D eigenvalue weighted by molar-refractivity contribution is -0.151. The van der Waals surface area contributed by atoms with Crippen LogP contribution in [0.4, 0.5) is 0 Å². The number of carboxylic acid groups (broad SMARTS) is 1. The van der Waals surface area contributed by atoms with Crippen molar-refractivity contribution in [3.8, 4) is 5.75 Å². The number of methoxy groups -OCH3 is 1. The van der Waals surface area contributed by atoms with Gasteiger partial charge in [0.05, 0.1) is 7.11 Å². The van der Waals surface area contributed by atoms with E-state index < -0.39 is 23.9 Å². The molecule has 0 fully saturated rings. The first kappa shape index (κ1) is 24.2. The van der Waals surface area contributed by atoms with Crippen LogP contribution in [0.5, 0.6) is 5.75 Å². The summed E-state index contributed by atoms with van der Waals surface area (Å²) in [7, 11) is 1.55. The number of alkyl halides is 1. The molecule has 2 aromatic carbocycles. The number of hydrogen-bond acceptors (Lipinski definition) is 5. The minimum Gasteiger partial charge on any atom is -0.497 e. The molecule has 166 valence electrons. The molecule has 0 saturated heterocycles. The molecule has 2 aromatic rings. The molecule has 0 saturated carbocycles. The Morgan fingerprint density at radius 3 is 2.29 bits per heavy atom. The lowest BCUT2D eigenvalue weighted by Gasteiger charge is -2.28. The van der Waals surface area contributed by atoms with E-state index in [1.54, 1.807) is 31.4 Å². The highest BCUT2D eigenvalue weighted by Crippen LogP contribution is 2.18. The Morgan fingerprint density at radius 2 is 1.71 bits per heavy atom. The van der Waals surface area contributed by atoms with Gasteiger partial charge in [-0.2, -0.15) is 0 Å². The first-order valence-electron chi connectivity index (χ1n) is 9.85. The second-order valence-corrected chi connectivity index (χ2v) is 7.16. The molecule has 7 nitrogen and oxygen atoms in total. The van der Waals surface area contributed by atoms with Crippen LogP contribution in [0.25, 0.3) is 0 Å². The summed E-state index contributed by atoms with van der Waals surface area (Å²) in [6.07, 6.45) is 0.426. The van der Waals surface area contributed by atoms with Gasteiger partial charge in [0.2, 0.25) is 5.91 Å². The van der Waals surface area contributed by atoms with Gasteiger partial charge >= 0.3 is 11.9 Å². The zero-order valence-corrected chi connectivity index (χ0v) is 18.1. The molecular formula is C23H26ClNO6. The van der Waals surface area contributed by atoms with Gasteiger partial charge in [0.25, 0.3) is 0 Å². The van der Waals surface area contributed by atoms with Gasteiger partial charge in [-0.05, 0) is 36.1 Å². The Hall–Kier alpha value is -3.06.